The van der Waals surface area contributed by atoms with E-state index in [1.54, 1.807) is 0 Å². The molecule has 158 valence electrons. The van der Waals surface area contributed by atoms with Crippen molar-refractivity contribution in [1.82, 2.24) is 0 Å². The Morgan fingerprint density at radius 1 is 0.594 bits per heavy atom. The van der Waals surface area contributed by atoms with Gasteiger partial charge in [-0.25, -0.2) is 0 Å². The van der Waals surface area contributed by atoms with Crippen LogP contribution in [0.4, 0.5) is 0 Å². The first-order chi connectivity index (χ1) is 15.8. The van der Waals surface area contributed by atoms with Crippen LogP contribution in [0.15, 0.2) is 72.8 Å². The van der Waals surface area contributed by atoms with Gasteiger partial charge in [0, 0.05) is 11.8 Å². The summed E-state index contributed by atoms with van der Waals surface area (Å²) in [6, 6.07) is 26.4. The number of hydrogen-bond acceptors (Lipinski definition) is 2. The first-order valence-corrected chi connectivity index (χ1v) is 11.7. The maximum atomic E-state index is 10.2. The van der Waals surface area contributed by atoms with E-state index in [4.69, 9.17) is 0 Å². The normalized spacial score (nSPS) is 24.6. The van der Waals surface area contributed by atoms with Crippen LogP contribution in [0.2, 0.25) is 0 Å². The molecule has 8 rings (SSSR count). The van der Waals surface area contributed by atoms with Crippen molar-refractivity contribution in [2.45, 2.75) is 37.9 Å². The van der Waals surface area contributed by atoms with Crippen molar-refractivity contribution in [3.63, 3.8) is 0 Å². The SMILES string of the molecule is OCc1cccc2c1[C@@H]1c3cccc(CO)c3[C@H]2C2Cc3cc4ccccc4cc3CC21. The maximum Gasteiger partial charge on any atom is 0.0684 e. The van der Waals surface area contributed by atoms with E-state index in [1.807, 2.05) is 0 Å². The Bertz CT molecular complexity index is 1280. The molecule has 0 fully saturated rings. The summed E-state index contributed by atoms with van der Waals surface area (Å²) in [5, 5.41) is 23.1. The molecule has 0 aromatic heterocycles. The fraction of sp³-hybridized carbons (Fsp3) is 0.267. The number of rotatable bonds is 2. The highest BCUT2D eigenvalue weighted by molar-refractivity contribution is 5.84. The van der Waals surface area contributed by atoms with Crippen molar-refractivity contribution in [1.29, 1.82) is 0 Å². The molecule has 4 aliphatic rings. The van der Waals surface area contributed by atoms with Crippen molar-refractivity contribution in [3.05, 3.63) is 117 Å². The molecular formula is C30H26O2. The third kappa shape index (κ3) is 2.37. The van der Waals surface area contributed by atoms with Crippen molar-refractivity contribution in [2.24, 2.45) is 11.8 Å². The molecule has 0 spiro atoms. The summed E-state index contributed by atoms with van der Waals surface area (Å²) >= 11 is 0. The predicted molar refractivity (Wildman–Crippen MR) is 127 cm³/mol. The van der Waals surface area contributed by atoms with Gasteiger partial charge in [-0.2, -0.15) is 0 Å². The smallest absolute Gasteiger partial charge is 0.0684 e. The fourth-order valence-corrected chi connectivity index (χ4v) is 7.30. The molecule has 4 atom stereocenters. The van der Waals surface area contributed by atoms with Crippen molar-refractivity contribution < 1.29 is 10.2 Å². The largest absolute Gasteiger partial charge is 0.392 e. The molecule has 0 saturated heterocycles. The van der Waals surface area contributed by atoms with E-state index >= 15 is 0 Å². The summed E-state index contributed by atoms with van der Waals surface area (Å²) in [6.45, 7) is 0.167. The van der Waals surface area contributed by atoms with E-state index in [0.717, 1.165) is 24.0 Å². The first kappa shape index (κ1) is 18.6. The van der Waals surface area contributed by atoms with Gasteiger partial charge < -0.3 is 10.2 Å². The summed E-state index contributed by atoms with van der Waals surface area (Å²) in [4.78, 5) is 0. The Balaban J connectivity index is 1.47. The van der Waals surface area contributed by atoms with Crippen molar-refractivity contribution >= 4 is 10.8 Å². The highest BCUT2D eigenvalue weighted by Crippen LogP contribution is 2.62. The topological polar surface area (TPSA) is 40.5 Å². The van der Waals surface area contributed by atoms with E-state index in [0.29, 0.717) is 11.8 Å². The van der Waals surface area contributed by atoms with Gasteiger partial charge in [0.15, 0.2) is 0 Å². The molecule has 0 radical (unpaired) electrons. The lowest BCUT2D eigenvalue weighted by molar-refractivity contribution is 0.204. The fourth-order valence-electron chi connectivity index (χ4n) is 7.30. The maximum absolute atomic E-state index is 10.2. The minimum absolute atomic E-state index is 0.0834. The molecule has 4 aliphatic carbocycles. The average Bonchev–Trinajstić information content (AvgIpc) is 2.85. The van der Waals surface area contributed by atoms with E-state index < -0.39 is 0 Å². The number of benzene rings is 4. The van der Waals surface area contributed by atoms with E-state index in [-0.39, 0.29) is 25.0 Å². The van der Waals surface area contributed by atoms with Gasteiger partial charge in [-0.1, -0.05) is 72.8 Å². The Morgan fingerprint density at radius 3 is 1.50 bits per heavy atom. The van der Waals surface area contributed by atoms with Crippen LogP contribution in [0.3, 0.4) is 0 Å². The monoisotopic (exact) mass is 418 g/mol. The molecule has 2 N–H and O–H groups in total. The summed E-state index contributed by atoms with van der Waals surface area (Å²) in [7, 11) is 0. The lowest BCUT2D eigenvalue weighted by Gasteiger charge is -2.54. The van der Waals surface area contributed by atoms with Crippen LogP contribution in [0.5, 0.6) is 0 Å². The molecule has 2 unspecified atom stereocenters. The first-order valence-electron chi connectivity index (χ1n) is 11.7. The average molecular weight is 419 g/mol. The number of aliphatic hydroxyl groups excluding tert-OH is 2. The molecule has 0 aliphatic heterocycles. The summed E-state index contributed by atoms with van der Waals surface area (Å²) in [5.41, 5.74) is 10.6. The molecule has 0 saturated carbocycles. The van der Waals surface area contributed by atoms with Gasteiger partial charge in [0.05, 0.1) is 13.2 Å². The quantitative estimate of drug-likeness (QED) is 0.455. The molecule has 0 heterocycles. The minimum atomic E-state index is 0.0834. The zero-order valence-electron chi connectivity index (χ0n) is 18.0. The minimum Gasteiger partial charge on any atom is -0.392 e. The summed E-state index contributed by atoms with van der Waals surface area (Å²) in [5.74, 6) is 1.61. The third-order valence-corrected chi connectivity index (χ3v) is 8.48. The second-order valence-corrected chi connectivity index (χ2v) is 9.82. The van der Waals surface area contributed by atoms with Gasteiger partial charge in [-0.3, -0.25) is 0 Å². The lowest BCUT2D eigenvalue weighted by atomic mass is 9.49. The Morgan fingerprint density at radius 2 is 1.06 bits per heavy atom. The predicted octanol–water partition coefficient (Wildman–Crippen LogP) is 5.45. The van der Waals surface area contributed by atoms with Crippen LogP contribution in [0.25, 0.3) is 10.8 Å². The zero-order chi connectivity index (χ0) is 21.4. The summed E-state index contributed by atoms with van der Waals surface area (Å²) < 4.78 is 0. The van der Waals surface area contributed by atoms with Crippen LogP contribution in [-0.4, -0.2) is 10.2 Å². The highest BCUT2D eigenvalue weighted by Gasteiger charge is 2.52. The molecule has 2 bridgehead atoms. The Kier molecular flexibility index (Phi) is 3.94. The third-order valence-electron chi connectivity index (χ3n) is 8.48. The van der Waals surface area contributed by atoms with E-state index in [9.17, 15) is 10.2 Å². The molecule has 4 aromatic rings. The number of hydrogen-bond donors (Lipinski definition) is 2. The van der Waals surface area contributed by atoms with Crippen LogP contribution in [0.1, 0.15) is 56.3 Å². The standard InChI is InChI=1S/C30H26O2/c31-15-19-7-4-10-24-27(19)29-23-9-3-8-20(16-32)28(23)30(24)26-14-22-12-18-6-2-1-5-17(18)11-21(22)13-25(26)29/h1-12,25-26,29-32H,13-16H2/t25?,26?,29-,30-/m1/s1. The van der Waals surface area contributed by atoms with Crippen LogP contribution in [0, 0.1) is 11.8 Å². The molecule has 0 amide bonds. The van der Waals surface area contributed by atoms with Crippen LogP contribution >= 0.6 is 0 Å². The van der Waals surface area contributed by atoms with E-state index in [2.05, 4.69) is 72.8 Å². The number of aliphatic hydroxyl groups is 2. The van der Waals surface area contributed by atoms with Gasteiger partial charge in [0.1, 0.15) is 0 Å². The van der Waals surface area contributed by atoms with Gasteiger partial charge in [0.2, 0.25) is 0 Å². The number of fused-ring (bicyclic) bond motifs is 2. The van der Waals surface area contributed by atoms with Gasteiger partial charge >= 0.3 is 0 Å². The van der Waals surface area contributed by atoms with Crippen molar-refractivity contribution in [2.75, 3.05) is 0 Å². The highest BCUT2D eigenvalue weighted by atomic mass is 16.3. The Hall–Kier alpha value is -2.94. The van der Waals surface area contributed by atoms with Gasteiger partial charge in [-0.05, 0) is 80.0 Å². The van der Waals surface area contributed by atoms with Crippen LogP contribution < -0.4 is 0 Å². The lowest BCUT2D eigenvalue weighted by Crippen LogP contribution is -2.45. The second kappa shape index (κ2) is 6.78. The zero-order valence-corrected chi connectivity index (χ0v) is 18.0. The molecular weight excluding hydrogens is 392 g/mol. The molecule has 32 heavy (non-hydrogen) atoms. The second-order valence-electron chi connectivity index (χ2n) is 9.82. The van der Waals surface area contributed by atoms with Crippen LogP contribution in [-0.2, 0) is 26.1 Å². The molecule has 4 aromatic carbocycles. The summed E-state index contributed by atoms with van der Waals surface area (Å²) in [6.07, 6.45) is 2.15. The Labute approximate surface area is 188 Å². The molecule has 2 heteroatoms. The van der Waals surface area contributed by atoms with Gasteiger partial charge in [-0.15, -0.1) is 0 Å². The van der Waals surface area contributed by atoms with Gasteiger partial charge in [0.25, 0.3) is 0 Å². The van der Waals surface area contributed by atoms with E-state index in [1.165, 1.54) is 44.2 Å². The molecule has 2 nitrogen and oxygen atoms in total. The van der Waals surface area contributed by atoms with Crippen molar-refractivity contribution in [3.8, 4) is 0 Å².